The molecule has 2 rings (SSSR count). The summed E-state index contributed by atoms with van der Waals surface area (Å²) in [7, 11) is 0. The fourth-order valence-corrected chi connectivity index (χ4v) is 3.25. The van der Waals surface area contributed by atoms with E-state index in [0.717, 1.165) is 10.4 Å². The highest BCUT2D eigenvalue weighted by Gasteiger charge is 2.18. The molecule has 0 amide bonds. The van der Waals surface area contributed by atoms with Crippen LogP contribution in [-0.4, -0.2) is 4.92 Å². The van der Waals surface area contributed by atoms with Crippen LogP contribution in [0.4, 0.5) is 5.69 Å². The molecule has 0 radical (unpaired) electrons. The minimum Gasteiger partial charge on any atom is -0.258 e. The standard InChI is InChI=1S/C13H12ClNO2S/c1-9-6-7-18-13(9)11(14)8-10-4-2-3-5-12(10)15(16)17/h2-7,11H,8H2,1H3. The average Bonchev–Trinajstić information content (AvgIpc) is 2.76. The Balaban J connectivity index is 2.25. The normalized spacial score (nSPS) is 12.3. The van der Waals surface area contributed by atoms with Gasteiger partial charge in [0.15, 0.2) is 0 Å². The Kier molecular flexibility index (Phi) is 3.99. The van der Waals surface area contributed by atoms with Gasteiger partial charge in [-0.2, -0.15) is 0 Å². The van der Waals surface area contributed by atoms with Gasteiger partial charge in [-0.1, -0.05) is 18.2 Å². The lowest BCUT2D eigenvalue weighted by atomic mass is 10.1. The van der Waals surface area contributed by atoms with E-state index >= 15 is 0 Å². The van der Waals surface area contributed by atoms with Crippen molar-refractivity contribution in [1.82, 2.24) is 0 Å². The molecule has 1 aromatic carbocycles. The molecule has 0 bridgehead atoms. The van der Waals surface area contributed by atoms with Gasteiger partial charge in [0.1, 0.15) is 0 Å². The first-order valence-corrected chi connectivity index (χ1v) is 6.81. The Morgan fingerprint density at radius 1 is 1.39 bits per heavy atom. The molecule has 5 heteroatoms. The van der Waals surface area contributed by atoms with Crippen LogP contribution in [0, 0.1) is 17.0 Å². The lowest BCUT2D eigenvalue weighted by molar-refractivity contribution is -0.385. The molecule has 0 saturated carbocycles. The largest absolute Gasteiger partial charge is 0.272 e. The van der Waals surface area contributed by atoms with Crippen molar-refractivity contribution < 1.29 is 4.92 Å². The number of nitro benzene ring substituents is 1. The summed E-state index contributed by atoms with van der Waals surface area (Å²) in [4.78, 5) is 11.6. The number of alkyl halides is 1. The van der Waals surface area contributed by atoms with Crippen LogP contribution in [0.1, 0.15) is 21.4 Å². The third-order valence-corrected chi connectivity index (χ3v) is 4.41. The van der Waals surface area contributed by atoms with E-state index in [2.05, 4.69) is 0 Å². The predicted molar refractivity (Wildman–Crippen MR) is 74.5 cm³/mol. The fraction of sp³-hybridized carbons (Fsp3) is 0.231. The predicted octanol–water partition coefficient (Wildman–Crippen LogP) is 4.49. The lowest BCUT2D eigenvalue weighted by Crippen LogP contribution is -1.99. The van der Waals surface area contributed by atoms with Gasteiger partial charge in [-0.05, 0) is 23.9 Å². The van der Waals surface area contributed by atoms with Gasteiger partial charge in [0, 0.05) is 22.9 Å². The first-order valence-electron chi connectivity index (χ1n) is 5.50. The van der Waals surface area contributed by atoms with Crippen molar-refractivity contribution in [2.45, 2.75) is 18.7 Å². The number of benzene rings is 1. The summed E-state index contributed by atoms with van der Waals surface area (Å²) >= 11 is 7.94. The van der Waals surface area contributed by atoms with Gasteiger partial charge in [-0.3, -0.25) is 10.1 Å². The third kappa shape index (κ3) is 2.71. The van der Waals surface area contributed by atoms with Crippen molar-refractivity contribution in [3.8, 4) is 0 Å². The number of rotatable bonds is 4. The van der Waals surface area contributed by atoms with Crippen LogP contribution in [-0.2, 0) is 6.42 Å². The monoisotopic (exact) mass is 281 g/mol. The van der Waals surface area contributed by atoms with Crippen molar-refractivity contribution >= 4 is 28.6 Å². The van der Waals surface area contributed by atoms with Gasteiger partial charge in [-0.25, -0.2) is 0 Å². The minimum atomic E-state index is -0.361. The summed E-state index contributed by atoms with van der Waals surface area (Å²) in [6.45, 7) is 2.00. The molecule has 0 aliphatic rings. The van der Waals surface area contributed by atoms with E-state index in [4.69, 9.17) is 11.6 Å². The Morgan fingerprint density at radius 2 is 2.11 bits per heavy atom. The molecule has 94 valence electrons. The molecule has 0 aliphatic carbocycles. The summed E-state index contributed by atoms with van der Waals surface area (Å²) < 4.78 is 0. The zero-order valence-electron chi connectivity index (χ0n) is 9.80. The van der Waals surface area contributed by atoms with Crippen LogP contribution in [0.3, 0.4) is 0 Å². The highest BCUT2D eigenvalue weighted by Crippen LogP contribution is 2.33. The number of nitrogens with zero attached hydrogens (tertiary/aromatic N) is 1. The first kappa shape index (κ1) is 13.1. The molecular formula is C13H12ClNO2S. The van der Waals surface area contributed by atoms with Gasteiger partial charge in [0.2, 0.25) is 0 Å². The Morgan fingerprint density at radius 3 is 2.72 bits per heavy atom. The van der Waals surface area contributed by atoms with Gasteiger partial charge in [0.05, 0.1) is 10.3 Å². The molecule has 1 atom stereocenters. The number of para-hydroxylation sites is 1. The van der Waals surface area contributed by atoms with Crippen LogP contribution >= 0.6 is 22.9 Å². The van der Waals surface area contributed by atoms with Crippen molar-refractivity contribution in [1.29, 1.82) is 0 Å². The van der Waals surface area contributed by atoms with Crippen LogP contribution in [0.15, 0.2) is 35.7 Å². The smallest absolute Gasteiger partial charge is 0.258 e. The van der Waals surface area contributed by atoms with Crippen molar-refractivity contribution in [2.24, 2.45) is 0 Å². The van der Waals surface area contributed by atoms with E-state index in [1.165, 1.54) is 6.07 Å². The Bertz CT molecular complexity index is 568. The molecular weight excluding hydrogens is 270 g/mol. The third-order valence-electron chi connectivity index (χ3n) is 2.77. The van der Waals surface area contributed by atoms with E-state index in [1.54, 1.807) is 29.5 Å². The highest BCUT2D eigenvalue weighted by atomic mass is 35.5. The molecule has 18 heavy (non-hydrogen) atoms. The van der Waals surface area contributed by atoms with Crippen LogP contribution in [0.2, 0.25) is 0 Å². The molecule has 1 unspecified atom stereocenters. The first-order chi connectivity index (χ1) is 8.59. The molecule has 0 spiro atoms. The van der Waals surface area contributed by atoms with Crippen molar-refractivity contribution in [3.63, 3.8) is 0 Å². The molecule has 0 N–H and O–H groups in total. The lowest BCUT2D eigenvalue weighted by Gasteiger charge is -2.09. The highest BCUT2D eigenvalue weighted by molar-refractivity contribution is 7.10. The van der Waals surface area contributed by atoms with Crippen LogP contribution in [0.25, 0.3) is 0 Å². The molecule has 0 saturated heterocycles. The average molecular weight is 282 g/mol. The number of hydrogen-bond donors (Lipinski definition) is 0. The molecule has 3 nitrogen and oxygen atoms in total. The Hall–Kier alpha value is -1.39. The summed E-state index contributed by atoms with van der Waals surface area (Å²) in [6, 6.07) is 8.75. The maximum atomic E-state index is 10.9. The zero-order chi connectivity index (χ0) is 13.1. The SMILES string of the molecule is Cc1ccsc1C(Cl)Cc1ccccc1[N+](=O)[O-]. The van der Waals surface area contributed by atoms with E-state index in [9.17, 15) is 10.1 Å². The number of aryl methyl sites for hydroxylation is 1. The van der Waals surface area contributed by atoms with E-state index in [1.807, 2.05) is 18.4 Å². The zero-order valence-corrected chi connectivity index (χ0v) is 11.4. The second-order valence-corrected chi connectivity index (χ2v) is 5.50. The van der Waals surface area contributed by atoms with Crippen molar-refractivity contribution in [2.75, 3.05) is 0 Å². The van der Waals surface area contributed by atoms with Gasteiger partial charge in [-0.15, -0.1) is 22.9 Å². The van der Waals surface area contributed by atoms with E-state index < -0.39 is 0 Å². The Labute approximate surface area is 114 Å². The second-order valence-electron chi connectivity index (χ2n) is 4.03. The molecule has 2 aromatic rings. The molecule has 1 aromatic heterocycles. The van der Waals surface area contributed by atoms with Crippen molar-refractivity contribution in [3.05, 3.63) is 61.8 Å². The van der Waals surface area contributed by atoms with Gasteiger partial charge in [0.25, 0.3) is 5.69 Å². The summed E-state index contributed by atoms with van der Waals surface area (Å²) in [5, 5.41) is 12.7. The molecule has 0 aliphatic heterocycles. The maximum absolute atomic E-state index is 10.9. The number of thiophene rings is 1. The number of hydrogen-bond acceptors (Lipinski definition) is 3. The summed E-state index contributed by atoms with van der Waals surface area (Å²) in [5.74, 6) is 0. The topological polar surface area (TPSA) is 43.1 Å². The summed E-state index contributed by atoms with van der Waals surface area (Å²) in [6.07, 6.45) is 0.472. The minimum absolute atomic E-state index is 0.136. The van der Waals surface area contributed by atoms with E-state index in [-0.39, 0.29) is 16.0 Å². The molecule has 1 heterocycles. The molecule has 0 fully saturated rings. The maximum Gasteiger partial charge on any atom is 0.272 e. The summed E-state index contributed by atoms with van der Waals surface area (Å²) in [5.41, 5.74) is 1.95. The quantitative estimate of drug-likeness (QED) is 0.471. The number of halogens is 1. The second kappa shape index (κ2) is 5.50. The fourth-order valence-electron chi connectivity index (χ4n) is 1.85. The van der Waals surface area contributed by atoms with Crippen LogP contribution < -0.4 is 0 Å². The van der Waals surface area contributed by atoms with Gasteiger partial charge < -0.3 is 0 Å². The van der Waals surface area contributed by atoms with E-state index in [0.29, 0.717) is 12.0 Å². The van der Waals surface area contributed by atoms with Crippen LogP contribution in [0.5, 0.6) is 0 Å². The number of nitro groups is 1. The van der Waals surface area contributed by atoms with Gasteiger partial charge >= 0.3 is 0 Å².